The Balaban J connectivity index is 1.22. The number of carbonyl (C=O) groups excluding carboxylic acids is 2. The van der Waals surface area contributed by atoms with Crippen LogP contribution < -0.4 is 24.3 Å². The first kappa shape index (κ1) is 33.2. The Hall–Kier alpha value is -5.76. The zero-order chi connectivity index (χ0) is 33.8. The van der Waals surface area contributed by atoms with Crippen LogP contribution in [-0.4, -0.2) is 43.0 Å². The molecule has 250 valence electrons. The van der Waals surface area contributed by atoms with Gasteiger partial charge in [-0.3, -0.25) is 9.59 Å². The number of benzene rings is 5. The molecule has 0 unspecified atom stereocenters. The van der Waals surface area contributed by atoms with Gasteiger partial charge in [0.2, 0.25) is 5.75 Å². The van der Waals surface area contributed by atoms with Crippen LogP contribution in [0.5, 0.6) is 23.0 Å². The van der Waals surface area contributed by atoms with Crippen molar-refractivity contribution < 1.29 is 28.5 Å². The Bertz CT molecular complexity index is 1760. The maximum Gasteiger partial charge on any atom is 0.257 e. The van der Waals surface area contributed by atoms with Gasteiger partial charge < -0.3 is 29.2 Å². The van der Waals surface area contributed by atoms with Gasteiger partial charge in [0.05, 0.1) is 12.7 Å². The van der Waals surface area contributed by atoms with E-state index in [2.05, 4.69) is 5.32 Å². The van der Waals surface area contributed by atoms with Gasteiger partial charge in [-0.05, 0) is 53.8 Å². The summed E-state index contributed by atoms with van der Waals surface area (Å²) in [6.07, 6.45) is 1.25. The van der Waals surface area contributed by atoms with Crippen molar-refractivity contribution in [3.05, 3.63) is 155 Å². The van der Waals surface area contributed by atoms with E-state index in [1.807, 2.05) is 108 Å². The Morgan fingerprint density at radius 3 is 1.61 bits per heavy atom. The molecule has 2 amide bonds. The molecule has 5 aromatic rings. The molecule has 1 N–H and O–H groups in total. The highest BCUT2D eigenvalue weighted by atomic mass is 16.5. The fraction of sp³-hybridized carbons (Fsp3) is 0.220. The lowest BCUT2D eigenvalue weighted by Crippen LogP contribution is -2.46. The maximum atomic E-state index is 13.8. The van der Waals surface area contributed by atoms with E-state index in [-0.39, 0.29) is 31.1 Å². The van der Waals surface area contributed by atoms with E-state index in [4.69, 9.17) is 18.9 Å². The molecule has 0 aliphatic carbocycles. The summed E-state index contributed by atoms with van der Waals surface area (Å²) >= 11 is 0. The predicted molar refractivity (Wildman–Crippen MR) is 188 cm³/mol. The first-order valence-electron chi connectivity index (χ1n) is 16.5. The number of piperidine rings is 1. The third kappa shape index (κ3) is 8.78. The van der Waals surface area contributed by atoms with Crippen molar-refractivity contribution in [3.63, 3.8) is 0 Å². The summed E-state index contributed by atoms with van der Waals surface area (Å²) in [4.78, 5) is 28.9. The second-order valence-corrected chi connectivity index (χ2v) is 11.9. The Labute approximate surface area is 287 Å². The molecule has 0 radical (unpaired) electrons. The lowest BCUT2D eigenvalue weighted by atomic mass is 10.0. The summed E-state index contributed by atoms with van der Waals surface area (Å²) in [5.74, 6) is 1.47. The van der Waals surface area contributed by atoms with Crippen molar-refractivity contribution in [1.82, 2.24) is 10.2 Å². The molecule has 0 aromatic heterocycles. The molecule has 0 atom stereocenters. The van der Waals surface area contributed by atoms with Crippen LogP contribution in [-0.2, 0) is 19.8 Å². The third-order valence-electron chi connectivity index (χ3n) is 8.44. The highest BCUT2D eigenvalue weighted by Crippen LogP contribution is 2.40. The van der Waals surface area contributed by atoms with Crippen LogP contribution in [0.3, 0.4) is 0 Å². The van der Waals surface area contributed by atoms with Gasteiger partial charge in [-0.2, -0.15) is 0 Å². The Morgan fingerprint density at radius 2 is 1.10 bits per heavy atom. The van der Waals surface area contributed by atoms with Crippen LogP contribution in [0, 0.1) is 0 Å². The first-order valence-corrected chi connectivity index (χ1v) is 16.5. The van der Waals surface area contributed by atoms with Gasteiger partial charge in [-0.1, -0.05) is 103 Å². The first-order chi connectivity index (χ1) is 24.1. The van der Waals surface area contributed by atoms with Crippen LogP contribution in [0.2, 0.25) is 0 Å². The highest BCUT2D eigenvalue weighted by Gasteiger charge is 2.27. The number of hydrogen-bond acceptors (Lipinski definition) is 6. The molecular weight excluding hydrogens is 616 g/mol. The minimum atomic E-state index is -0.252. The minimum absolute atomic E-state index is 0.0752. The molecule has 1 fully saturated rings. The number of rotatable bonds is 13. The van der Waals surface area contributed by atoms with E-state index in [1.54, 1.807) is 31.4 Å². The van der Waals surface area contributed by atoms with Crippen LogP contribution in [0.1, 0.15) is 50.2 Å². The van der Waals surface area contributed by atoms with Crippen LogP contribution in [0.4, 0.5) is 0 Å². The zero-order valence-corrected chi connectivity index (χ0v) is 27.5. The number of nitrogens with one attached hydrogen (secondary N) is 1. The molecule has 49 heavy (non-hydrogen) atoms. The molecule has 5 aromatic carbocycles. The average Bonchev–Trinajstić information content (AvgIpc) is 3.16. The van der Waals surface area contributed by atoms with E-state index in [0.29, 0.717) is 66.7 Å². The summed E-state index contributed by atoms with van der Waals surface area (Å²) in [5.41, 5.74) is 3.88. The molecule has 0 saturated carbocycles. The third-order valence-corrected chi connectivity index (χ3v) is 8.44. The number of methoxy groups -OCH3 is 1. The van der Waals surface area contributed by atoms with E-state index in [0.717, 1.165) is 16.7 Å². The molecular formula is C41H40N2O6. The van der Waals surface area contributed by atoms with Crippen LogP contribution in [0.15, 0.2) is 127 Å². The number of para-hydroxylation sites is 1. The lowest BCUT2D eigenvalue weighted by Gasteiger charge is -2.32. The highest BCUT2D eigenvalue weighted by molar-refractivity contribution is 5.97. The summed E-state index contributed by atoms with van der Waals surface area (Å²) in [7, 11) is 1.56. The van der Waals surface area contributed by atoms with Gasteiger partial charge in [0.15, 0.2) is 11.5 Å². The van der Waals surface area contributed by atoms with Crippen LogP contribution >= 0.6 is 0 Å². The molecule has 6 rings (SSSR count). The second-order valence-electron chi connectivity index (χ2n) is 11.9. The Kier molecular flexibility index (Phi) is 11.1. The monoisotopic (exact) mass is 656 g/mol. The summed E-state index contributed by atoms with van der Waals surface area (Å²) in [6.45, 7) is 1.90. The fourth-order valence-corrected chi connectivity index (χ4v) is 5.75. The van der Waals surface area contributed by atoms with Crippen molar-refractivity contribution in [2.45, 2.75) is 38.7 Å². The van der Waals surface area contributed by atoms with Gasteiger partial charge in [-0.15, -0.1) is 0 Å². The standard InChI is InChI=1S/C41H40N2O6/c1-46-36-20-12-11-19-35(36)41(45)43-23-21-34(22-24-43)42-40(44)33-25-37(47-27-30-13-5-2-6-14-30)39(49-29-32-17-9-4-10-18-32)38(26-33)48-28-31-15-7-3-8-16-31/h2-20,25-26,34H,21-24,27-29H2,1H3,(H,42,44). The largest absolute Gasteiger partial charge is 0.496 e. The zero-order valence-electron chi connectivity index (χ0n) is 27.5. The molecule has 1 aliphatic heterocycles. The van der Waals surface area contributed by atoms with Crippen molar-refractivity contribution >= 4 is 11.8 Å². The van der Waals surface area contributed by atoms with E-state index in [1.165, 1.54) is 0 Å². The van der Waals surface area contributed by atoms with Gasteiger partial charge >= 0.3 is 0 Å². The summed E-state index contributed by atoms with van der Waals surface area (Å²) in [5, 5.41) is 3.18. The molecule has 0 bridgehead atoms. The molecule has 1 heterocycles. The normalized spacial score (nSPS) is 13.0. The predicted octanol–water partition coefficient (Wildman–Crippen LogP) is 7.47. The number of amides is 2. The molecule has 8 heteroatoms. The topological polar surface area (TPSA) is 86.3 Å². The number of likely N-dealkylation sites (tertiary alicyclic amines) is 1. The average molecular weight is 657 g/mol. The maximum absolute atomic E-state index is 13.8. The van der Waals surface area contributed by atoms with Gasteiger partial charge in [0.1, 0.15) is 25.6 Å². The number of carbonyl (C=O) groups is 2. The number of ether oxygens (including phenoxy) is 4. The Morgan fingerprint density at radius 1 is 0.633 bits per heavy atom. The van der Waals surface area contributed by atoms with Crippen molar-refractivity contribution in [2.75, 3.05) is 20.2 Å². The molecule has 0 spiro atoms. The fourth-order valence-electron chi connectivity index (χ4n) is 5.75. The van der Waals surface area contributed by atoms with Crippen molar-refractivity contribution in [1.29, 1.82) is 0 Å². The SMILES string of the molecule is COc1ccccc1C(=O)N1CCC(NC(=O)c2cc(OCc3ccccc3)c(OCc3ccccc3)c(OCc3ccccc3)c2)CC1. The van der Waals surface area contributed by atoms with E-state index in [9.17, 15) is 9.59 Å². The summed E-state index contributed by atoms with van der Waals surface area (Å²) < 4.78 is 24.5. The van der Waals surface area contributed by atoms with Crippen molar-refractivity contribution in [3.8, 4) is 23.0 Å². The lowest BCUT2D eigenvalue weighted by molar-refractivity contribution is 0.0695. The smallest absolute Gasteiger partial charge is 0.257 e. The van der Waals surface area contributed by atoms with E-state index < -0.39 is 0 Å². The van der Waals surface area contributed by atoms with Gasteiger partial charge in [-0.25, -0.2) is 0 Å². The van der Waals surface area contributed by atoms with Gasteiger partial charge in [0, 0.05) is 24.7 Å². The van der Waals surface area contributed by atoms with E-state index >= 15 is 0 Å². The van der Waals surface area contributed by atoms with Crippen LogP contribution in [0.25, 0.3) is 0 Å². The minimum Gasteiger partial charge on any atom is -0.496 e. The number of hydrogen-bond donors (Lipinski definition) is 1. The quantitative estimate of drug-likeness (QED) is 0.142. The molecule has 8 nitrogen and oxygen atoms in total. The summed E-state index contributed by atoms with van der Waals surface area (Å²) in [6, 6.07) is 40.1. The second kappa shape index (κ2) is 16.4. The number of nitrogens with zero attached hydrogens (tertiary/aromatic N) is 1. The molecule has 1 saturated heterocycles. The molecule has 1 aliphatic rings. The van der Waals surface area contributed by atoms with Gasteiger partial charge in [0.25, 0.3) is 11.8 Å². The van der Waals surface area contributed by atoms with Crippen molar-refractivity contribution in [2.24, 2.45) is 0 Å².